The van der Waals surface area contributed by atoms with Crippen LogP contribution in [0.2, 0.25) is 0 Å². The van der Waals surface area contributed by atoms with Gasteiger partial charge in [0.2, 0.25) is 5.91 Å². The van der Waals surface area contributed by atoms with Gasteiger partial charge in [0.25, 0.3) is 0 Å². The fourth-order valence-corrected chi connectivity index (χ4v) is 6.21. The van der Waals surface area contributed by atoms with Crippen LogP contribution in [-0.2, 0) is 27.3 Å². The minimum atomic E-state index is -1.10. The first-order chi connectivity index (χ1) is 17.5. The molecule has 2 aromatic carbocycles. The van der Waals surface area contributed by atoms with Gasteiger partial charge in [-0.05, 0) is 100 Å². The number of carboxylic acids is 1. The van der Waals surface area contributed by atoms with Gasteiger partial charge in [-0.1, -0.05) is 49.1 Å². The Balaban J connectivity index is 1.79. The Morgan fingerprint density at radius 2 is 1.65 bits per heavy atom. The third kappa shape index (κ3) is 6.09. The zero-order valence-electron chi connectivity index (χ0n) is 23.4. The molecule has 2 aromatic rings. The van der Waals surface area contributed by atoms with Gasteiger partial charge in [-0.25, -0.2) is 4.79 Å². The molecule has 1 heterocycles. The van der Waals surface area contributed by atoms with Crippen LogP contribution < -0.4 is 0 Å². The van der Waals surface area contributed by atoms with E-state index in [-0.39, 0.29) is 5.91 Å². The number of carboxylic acid groups (broad SMARTS) is 1. The van der Waals surface area contributed by atoms with E-state index in [1.54, 1.807) is 0 Å². The smallest absolute Gasteiger partial charge is 0.337 e. The average Bonchev–Trinajstić information content (AvgIpc) is 2.85. The fraction of sp³-hybridized carbons (Fsp3) is 0.562. The van der Waals surface area contributed by atoms with Crippen LogP contribution in [0.4, 0.5) is 0 Å². The molecular formula is C32H43NO4. The Kier molecular flexibility index (Phi) is 8.13. The molecule has 1 N–H and O–H groups in total. The Bertz CT molecular complexity index is 1150. The lowest BCUT2D eigenvalue weighted by atomic mass is 9.80. The molecule has 1 fully saturated rings. The second-order valence-electron chi connectivity index (χ2n) is 12.1. The summed E-state index contributed by atoms with van der Waals surface area (Å²) in [5.74, 6) is -0.257. The normalized spacial score (nSPS) is 17.4. The number of aliphatic carboxylic acids is 1. The van der Waals surface area contributed by atoms with E-state index in [4.69, 9.17) is 4.74 Å². The van der Waals surface area contributed by atoms with E-state index < -0.39 is 17.7 Å². The van der Waals surface area contributed by atoms with Crippen LogP contribution in [0.25, 0.3) is 11.1 Å². The Labute approximate surface area is 222 Å². The summed E-state index contributed by atoms with van der Waals surface area (Å²) in [6.07, 6.45) is 6.37. The van der Waals surface area contributed by atoms with Gasteiger partial charge in [0.05, 0.1) is 5.60 Å². The maximum Gasteiger partial charge on any atom is 0.337 e. The summed E-state index contributed by atoms with van der Waals surface area (Å²) in [6, 6.07) is 8.29. The topological polar surface area (TPSA) is 66.8 Å². The van der Waals surface area contributed by atoms with Gasteiger partial charge in [-0.2, -0.15) is 0 Å². The molecule has 2 aliphatic rings. The number of hydrogen-bond donors (Lipinski definition) is 1. The zero-order chi connectivity index (χ0) is 26.9. The van der Waals surface area contributed by atoms with Crippen LogP contribution >= 0.6 is 0 Å². The Morgan fingerprint density at radius 3 is 2.24 bits per heavy atom. The molecule has 200 valence electrons. The van der Waals surface area contributed by atoms with Gasteiger partial charge >= 0.3 is 5.97 Å². The van der Waals surface area contributed by atoms with Crippen molar-refractivity contribution in [3.63, 3.8) is 0 Å². The predicted octanol–water partition coefficient (Wildman–Crippen LogP) is 7.07. The summed E-state index contributed by atoms with van der Waals surface area (Å²) in [5.41, 5.74) is 7.57. The van der Waals surface area contributed by atoms with Crippen molar-refractivity contribution in [3.8, 4) is 11.1 Å². The lowest BCUT2D eigenvalue weighted by Gasteiger charge is -2.36. The number of rotatable bonds is 6. The summed E-state index contributed by atoms with van der Waals surface area (Å²) in [7, 11) is 0. The lowest BCUT2D eigenvalue weighted by Crippen LogP contribution is -2.38. The molecule has 0 spiro atoms. The first-order valence-corrected chi connectivity index (χ1v) is 13.9. The molecular weight excluding hydrogens is 462 g/mol. The number of carbonyl (C=O) groups excluding carboxylic acids is 1. The van der Waals surface area contributed by atoms with E-state index in [1.807, 2.05) is 32.6 Å². The molecule has 0 bridgehead atoms. The second-order valence-corrected chi connectivity index (χ2v) is 12.1. The molecule has 0 aromatic heterocycles. The third-order valence-electron chi connectivity index (χ3n) is 8.14. The van der Waals surface area contributed by atoms with E-state index in [2.05, 4.69) is 38.1 Å². The van der Waals surface area contributed by atoms with Crippen LogP contribution in [0.3, 0.4) is 0 Å². The molecule has 1 aliphatic carbocycles. The summed E-state index contributed by atoms with van der Waals surface area (Å²) < 4.78 is 6.19. The largest absolute Gasteiger partial charge is 0.479 e. The molecule has 1 saturated carbocycles. The number of amides is 1. The molecule has 1 aliphatic heterocycles. The number of carbonyl (C=O) groups is 2. The van der Waals surface area contributed by atoms with Crippen molar-refractivity contribution in [2.24, 2.45) is 5.92 Å². The monoisotopic (exact) mass is 505 g/mol. The van der Waals surface area contributed by atoms with Gasteiger partial charge in [-0.15, -0.1) is 0 Å². The first-order valence-electron chi connectivity index (χ1n) is 13.9. The number of benzene rings is 2. The first kappa shape index (κ1) is 27.4. The number of nitrogens with zero attached hydrogens (tertiary/aromatic N) is 1. The van der Waals surface area contributed by atoms with E-state index in [0.717, 1.165) is 52.6 Å². The number of ether oxygens (including phenoxy) is 1. The van der Waals surface area contributed by atoms with Crippen molar-refractivity contribution >= 4 is 11.9 Å². The molecule has 37 heavy (non-hydrogen) atoms. The number of aryl methyl sites for hydroxylation is 1. The highest BCUT2D eigenvalue weighted by molar-refractivity contribution is 5.84. The molecule has 0 radical (unpaired) electrons. The SMILES string of the molecule is Cc1ccc(-c2c(C)c3c(c(C)c2[C@H](OC(C)(C)C)C(=O)O)CN(C(=O)CC2CCCCC2)CC3)cc1. The molecule has 4 rings (SSSR count). The summed E-state index contributed by atoms with van der Waals surface area (Å²) in [5, 5.41) is 10.4. The highest BCUT2D eigenvalue weighted by atomic mass is 16.5. The predicted molar refractivity (Wildman–Crippen MR) is 148 cm³/mol. The zero-order valence-corrected chi connectivity index (χ0v) is 23.4. The summed E-state index contributed by atoms with van der Waals surface area (Å²) >= 11 is 0. The summed E-state index contributed by atoms with van der Waals surface area (Å²) in [6.45, 7) is 13.1. The number of fused-ring (bicyclic) bond motifs is 1. The van der Waals surface area contributed by atoms with Crippen LogP contribution in [0.15, 0.2) is 24.3 Å². The minimum Gasteiger partial charge on any atom is -0.479 e. The van der Waals surface area contributed by atoms with Crippen LogP contribution in [0, 0.1) is 26.7 Å². The highest BCUT2D eigenvalue weighted by Gasteiger charge is 2.35. The van der Waals surface area contributed by atoms with E-state index in [0.29, 0.717) is 31.0 Å². The fourth-order valence-electron chi connectivity index (χ4n) is 6.21. The van der Waals surface area contributed by atoms with E-state index >= 15 is 0 Å². The van der Waals surface area contributed by atoms with Crippen LogP contribution in [0.5, 0.6) is 0 Å². The second kappa shape index (κ2) is 11.0. The molecule has 5 heteroatoms. The third-order valence-corrected chi connectivity index (χ3v) is 8.14. The quantitative estimate of drug-likeness (QED) is 0.456. The van der Waals surface area contributed by atoms with Crippen LogP contribution in [-0.4, -0.2) is 34.0 Å². The maximum atomic E-state index is 13.3. The average molecular weight is 506 g/mol. The number of hydrogen-bond acceptors (Lipinski definition) is 3. The van der Waals surface area contributed by atoms with Crippen LogP contribution in [0.1, 0.15) is 98.8 Å². The van der Waals surface area contributed by atoms with Crippen molar-refractivity contribution in [3.05, 3.63) is 57.6 Å². The maximum absolute atomic E-state index is 13.3. The van der Waals surface area contributed by atoms with E-state index in [1.165, 1.54) is 24.8 Å². The lowest BCUT2D eigenvalue weighted by molar-refractivity contribution is -0.160. The van der Waals surface area contributed by atoms with Crippen molar-refractivity contribution < 1.29 is 19.4 Å². The van der Waals surface area contributed by atoms with E-state index in [9.17, 15) is 14.7 Å². The van der Waals surface area contributed by atoms with Crippen molar-refractivity contribution in [2.45, 2.75) is 105 Å². The molecule has 0 unspecified atom stereocenters. The van der Waals surface area contributed by atoms with Gasteiger partial charge < -0.3 is 14.7 Å². The van der Waals surface area contributed by atoms with Gasteiger partial charge in [0.15, 0.2) is 6.10 Å². The molecule has 5 nitrogen and oxygen atoms in total. The Hall–Kier alpha value is -2.66. The van der Waals surface area contributed by atoms with Crippen molar-refractivity contribution in [1.82, 2.24) is 4.90 Å². The van der Waals surface area contributed by atoms with Crippen molar-refractivity contribution in [2.75, 3.05) is 6.54 Å². The van der Waals surface area contributed by atoms with Gasteiger partial charge in [0.1, 0.15) is 0 Å². The molecule has 1 atom stereocenters. The standard InChI is InChI=1S/C32H43NO4/c1-20-12-14-24(15-13-20)28-21(2)25-16-17-33(27(34)18-23-10-8-7-9-11-23)19-26(25)22(3)29(28)30(31(35)36)37-32(4,5)6/h12-15,23,30H,7-11,16-19H2,1-6H3,(H,35,36)/t30-/m0/s1. The van der Waals surface area contributed by atoms with Gasteiger partial charge in [-0.3, -0.25) is 4.79 Å². The summed E-state index contributed by atoms with van der Waals surface area (Å²) in [4.78, 5) is 28.0. The minimum absolute atomic E-state index is 0.236. The van der Waals surface area contributed by atoms with Gasteiger partial charge in [0, 0.05) is 25.1 Å². The van der Waals surface area contributed by atoms with Crippen molar-refractivity contribution in [1.29, 1.82) is 0 Å². The highest BCUT2D eigenvalue weighted by Crippen LogP contribution is 2.43. The Morgan fingerprint density at radius 1 is 1.00 bits per heavy atom. The molecule has 1 amide bonds. The molecule has 0 saturated heterocycles.